The van der Waals surface area contributed by atoms with Gasteiger partial charge in [0.1, 0.15) is 18.5 Å². The SMILES string of the molecule is CC(=O)c1ccc(NC(=O)c2ccc(-n3cnnc3)nc2)cc1. The number of hydrogen-bond donors (Lipinski definition) is 1. The van der Waals surface area contributed by atoms with Crippen molar-refractivity contribution in [3.63, 3.8) is 0 Å². The van der Waals surface area contributed by atoms with Crippen LogP contribution in [0.15, 0.2) is 55.2 Å². The third kappa shape index (κ3) is 3.29. The van der Waals surface area contributed by atoms with Gasteiger partial charge in [-0.3, -0.25) is 14.2 Å². The molecule has 0 aliphatic rings. The fraction of sp³-hybridized carbons (Fsp3) is 0.0625. The average Bonchev–Trinajstić information content (AvgIpc) is 3.10. The second kappa shape index (κ2) is 6.18. The Labute approximate surface area is 132 Å². The number of amides is 1. The molecule has 0 saturated heterocycles. The topological polar surface area (TPSA) is 89.8 Å². The maximum Gasteiger partial charge on any atom is 0.257 e. The molecule has 7 heteroatoms. The number of aromatic nitrogens is 4. The van der Waals surface area contributed by atoms with Crippen LogP contribution < -0.4 is 5.32 Å². The van der Waals surface area contributed by atoms with Crippen LogP contribution >= 0.6 is 0 Å². The van der Waals surface area contributed by atoms with Crippen LogP contribution in [0.5, 0.6) is 0 Å². The van der Waals surface area contributed by atoms with Crippen molar-refractivity contribution < 1.29 is 9.59 Å². The first-order valence-corrected chi connectivity index (χ1v) is 6.87. The number of benzene rings is 1. The second-order valence-corrected chi connectivity index (χ2v) is 4.86. The largest absolute Gasteiger partial charge is 0.322 e. The molecule has 0 fully saturated rings. The van der Waals surface area contributed by atoms with E-state index in [9.17, 15) is 9.59 Å². The van der Waals surface area contributed by atoms with E-state index in [-0.39, 0.29) is 11.7 Å². The number of hydrogen-bond acceptors (Lipinski definition) is 5. The lowest BCUT2D eigenvalue weighted by molar-refractivity contribution is 0.101. The molecule has 0 unspecified atom stereocenters. The summed E-state index contributed by atoms with van der Waals surface area (Å²) in [5, 5.41) is 10.2. The molecule has 2 heterocycles. The first kappa shape index (κ1) is 14.6. The predicted molar refractivity (Wildman–Crippen MR) is 83.6 cm³/mol. The molecule has 0 bridgehead atoms. The van der Waals surface area contributed by atoms with Gasteiger partial charge in [0.25, 0.3) is 5.91 Å². The Kier molecular flexibility index (Phi) is 3.92. The minimum atomic E-state index is -0.275. The standard InChI is InChI=1S/C16H13N5O2/c1-11(22)12-2-5-14(6-3-12)20-16(23)13-4-7-15(17-8-13)21-9-18-19-10-21/h2-10H,1H3,(H,20,23). The Morgan fingerprint density at radius 2 is 1.61 bits per heavy atom. The fourth-order valence-electron chi connectivity index (χ4n) is 1.98. The van der Waals surface area contributed by atoms with Gasteiger partial charge < -0.3 is 5.32 Å². The van der Waals surface area contributed by atoms with Crippen molar-refractivity contribution in [2.45, 2.75) is 6.92 Å². The van der Waals surface area contributed by atoms with Crippen LogP contribution in [-0.2, 0) is 0 Å². The monoisotopic (exact) mass is 307 g/mol. The molecule has 0 radical (unpaired) electrons. The lowest BCUT2D eigenvalue weighted by Gasteiger charge is -2.06. The summed E-state index contributed by atoms with van der Waals surface area (Å²) in [4.78, 5) is 27.6. The Balaban J connectivity index is 1.71. The molecule has 0 aliphatic heterocycles. The van der Waals surface area contributed by atoms with E-state index in [0.717, 1.165) is 0 Å². The highest BCUT2D eigenvalue weighted by molar-refractivity contribution is 6.04. The zero-order valence-electron chi connectivity index (χ0n) is 12.3. The number of nitrogens with zero attached hydrogens (tertiary/aromatic N) is 4. The van der Waals surface area contributed by atoms with E-state index in [1.165, 1.54) is 25.8 Å². The summed E-state index contributed by atoms with van der Waals surface area (Å²) in [7, 11) is 0. The van der Waals surface area contributed by atoms with Crippen molar-refractivity contribution in [3.8, 4) is 5.82 Å². The van der Waals surface area contributed by atoms with Crippen molar-refractivity contribution in [2.24, 2.45) is 0 Å². The molecular formula is C16H13N5O2. The normalized spacial score (nSPS) is 10.3. The molecule has 23 heavy (non-hydrogen) atoms. The molecule has 3 rings (SSSR count). The first-order chi connectivity index (χ1) is 11.1. The molecular weight excluding hydrogens is 294 g/mol. The summed E-state index contributed by atoms with van der Waals surface area (Å²) >= 11 is 0. The van der Waals surface area contributed by atoms with E-state index in [4.69, 9.17) is 0 Å². The number of Topliss-reactive ketones (excluding diaryl/α,β-unsaturated/α-hetero) is 1. The number of anilines is 1. The van der Waals surface area contributed by atoms with E-state index in [1.807, 2.05) is 0 Å². The van der Waals surface area contributed by atoms with Crippen LogP contribution in [0.3, 0.4) is 0 Å². The number of pyridine rings is 1. The third-order valence-corrected chi connectivity index (χ3v) is 3.24. The molecule has 2 aromatic heterocycles. The number of rotatable bonds is 4. The van der Waals surface area contributed by atoms with Gasteiger partial charge in [0.2, 0.25) is 0 Å². The van der Waals surface area contributed by atoms with Crippen LogP contribution in [0.4, 0.5) is 5.69 Å². The smallest absolute Gasteiger partial charge is 0.257 e. The van der Waals surface area contributed by atoms with Gasteiger partial charge in [0.15, 0.2) is 5.78 Å². The highest BCUT2D eigenvalue weighted by Crippen LogP contribution is 2.12. The molecule has 0 atom stereocenters. The summed E-state index contributed by atoms with van der Waals surface area (Å²) in [5.41, 5.74) is 1.64. The van der Waals surface area contributed by atoms with Gasteiger partial charge in [0, 0.05) is 17.4 Å². The number of carbonyl (C=O) groups excluding carboxylic acids is 2. The number of ketones is 1. The Morgan fingerprint density at radius 3 is 2.17 bits per heavy atom. The maximum atomic E-state index is 12.2. The molecule has 0 spiro atoms. The van der Waals surface area contributed by atoms with Crippen molar-refractivity contribution in [1.82, 2.24) is 19.7 Å². The van der Waals surface area contributed by atoms with Gasteiger partial charge in [-0.2, -0.15) is 0 Å². The summed E-state index contributed by atoms with van der Waals surface area (Å²) in [6.45, 7) is 1.50. The number of nitrogens with one attached hydrogen (secondary N) is 1. The van der Waals surface area contributed by atoms with E-state index < -0.39 is 0 Å². The van der Waals surface area contributed by atoms with Crippen molar-refractivity contribution >= 4 is 17.4 Å². The first-order valence-electron chi connectivity index (χ1n) is 6.87. The predicted octanol–water partition coefficient (Wildman–Crippen LogP) is 2.12. The summed E-state index contributed by atoms with van der Waals surface area (Å²) in [6, 6.07) is 10.1. The summed E-state index contributed by atoms with van der Waals surface area (Å²) in [5.74, 6) is 0.331. The van der Waals surface area contributed by atoms with Gasteiger partial charge in [-0.05, 0) is 43.3 Å². The van der Waals surface area contributed by atoms with Gasteiger partial charge in [-0.25, -0.2) is 4.98 Å². The molecule has 1 aromatic carbocycles. The van der Waals surface area contributed by atoms with Gasteiger partial charge in [-0.1, -0.05) is 0 Å². The van der Waals surface area contributed by atoms with E-state index >= 15 is 0 Å². The van der Waals surface area contributed by atoms with Crippen LogP contribution in [0.2, 0.25) is 0 Å². The van der Waals surface area contributed by atoms with Gasteiger partial charge in [0.05, 0.1) is 5.56 Å². The lowest BCUT2D eigenvalue weighted by Crippen LogP contribution is -2.12. The van der Waals surface area contributed by atoms with Gasteiger partial charge in [-0.15, -0.1) is 10.2 Å². The average molecular weight is 307 g/mol. The second-order valence-electron chi connectivity index (χ2n) is 4.86. The zero-order valence-corrected chi connectivity index (χ0v) is 12.3. The van der Waals surface area contributed by atoms with E-state index in [2.05, 4.69) is 20.5 Å². The van der Waals surface area contributed by atoms with Crippen molar-refractivity contribution in [3.05, 3.63) is 66.4 Å². The van der Waals surface area contributed by atoms with Gasteiger partial charge >= 0.3 is 0 Å². The van der Waals surface area contributed by atoms with Crippen molar-refractivity contribution in [2.75, 3.05) is 5.32 Å². The fourth-order valence-corrected chi connectivity index (χ4v) is 1.98. The molecule has 1 N–H and O–H groups in total. The van der Waals surface area contributed by atoms with E-state index in [1.54, 1.807) is 41.0 Å². The number of carbonyl (C=O) groups is 2. The van der Waals surface area contributed by atoms with Crippen LogP contribution in [0, 0.1) is 0 Å². The maximum absolute atomic E-state index is 12.2. The molecule has 0 aliphatic carbocycles. The lowest BCUT2D eigenvalue weighted by atomic mass is 10.1. The Morgan fingerprint density at radius 1 is 0.957 bits per heavy atom. The third-order valence-electron chi connectivity index (χ3n) is 3.24. The van der Waals surface area contributed by atoms with Crippen LogP contribution in [-0.4, -0.2) is 31.4 Å². The summed E-state index contributed by atoms with van der Waals surface area (Å²) in [6.07, 6.45) is 4.53. The summed E-state index contributed by atoms with van der Waals surface area (Å²) < 4.78 is 1.64. The Hall–Kier alpha value is -3.35. The minimum Gasteiger partial charge on any atom is -0.322 e. The molecule has 114 valence electrons. The highest BCUT2D eigenvalue weighted by atomic mass is 16.1. The van der Waals surface area contributed by atoms with Crippen LogP contribution in [0.25, 0.3) is 5.82 Å². The molecule has 1 amide bonds. The van der Waals surface area contributed by atoms with Crippen LogP contribution in [0.1, 0.15) is 27.6 Å². The molecule has 7 nitrogen and oxygen atoms in total. The van der Waals surface area contributed by atoms with E-state index in [0.29, 0.717) is 22.6 Å². The minimum absolute atomic E-state index is 0.0170. The Bertz CT molecular complexity index is 824. The quantitative estimate of drug-likeness (QED) is 0.746. The zero-order chi connectivity index (χ0) is 16.2. The molecule has 3 aromatic rings. The van der Waals surface area contributed by atoms with Crippen molar-refractivity contribution in [1.29, 1.82) is 0 Å². The highest BCUT2D eigenvalue weighted by Gasteiger charge is 2.08. The molecule has 0 saturated carbocycles.